The van der Waals surface area contributed by atoms with Crippen LogP contribution in [0.5, 0.6) is 0 Å². The molecule has 1 rings (SSSR count). The molecule has 0 fully saturated rings. The molecule has 0 spiro atoms. The number of carboxylic acids is 1. The van der Waals surface area contributed by atoms with E-state index in [1.54, 1.807) is 0 Å². The zero-order valence-electron chi connectivity index (χ0n) is 6.62. The van der Waals surface area contributed by atoms with Crippen molar-refractivity contribution < 1.29 is 24.5 Å². The maximum atomic E-state index is 10.8. The third-order valence-corrected chi connectivity index (χ3v) is 1.78. The van der Waals surface area contributed by atoms with Crippen LogP contribution in [0.1, 0.15) is 13.8 Å². The number of aliphatic carboxylic acids is 1. The average Bonchev–Trinajstić information content (AvgIpc) is 2.02. The van der Waals surface area contributed by atoms with E-state index in [0.29, 0.717) is 0 Å². The molecule has 0 amide bonds. The smallest absolute Gasteiger partial charge is 0.348 e. The van der Waals surface area contributed by atoms with Gasteiger partial charge in [0, 0.05) is 12.5 Å². The van der Waals surface area contributed by atoms with Gasteiger partial charge in [0.2, 0.25) is 5.79 Å². The first-order valence-corrected chi connectivity index (χ1v) is 3.26. The van der Waals surface area contributed by atoms with Gasteiger partial charge >= 0.3 is 11.9 Å². The Morgan fingerprint density at radius 2 is 2.08 bits per heavy atom. The van der Waals surface area contributed by atoms with Crippen LogP contribution in [0.15, 0.2) is 11.1 Å². The number of rotatable bonds is 1. The minimum absolute atomic E-state index is 0.0278. The Balaban J connectivity index is 3.20. The van der Waals surface area contributed by atoms with E-state index in [1.807, 2.05) is 0 Å². The zero-order chi connectivity index (χ0) is 9.52. The molecule has 0 aromatic carbocycles. The molecule has 66 valence electrons. The average molecular weight is 172 g/mol. The Bertz CT molecular complexity index is 286. The number of aliphatic hydroxyl groups is 1. The van der Waals surface area contributed by atoms with E-state index >= 15 is 0 Å². The minimum atomic E-state index is -1.77. The summed E-state index contributed by atoms with van der Waals surface area (Å²) in [4.78, 5) is 21.3. The molecule has 5 heteroatoms. The van der Waals surface area contributed by atoms with E-state index < -0.39 is 23.3 Å². The van der Waals surface area contributed by atoms with Crippen molar-refractivity contribution in [2.75, 3.05) is 0 Å². The minimum Gasteiger partial charge on any atom is -0.477 e. The van der Waals surface area contributed by atoms with E-state index in [9.17, 15) is 14.7 Å². The van der Waals surface area contributed by atoms with Crippen molar-refractivity contribution >= 4 is 11.9 Å². The molecule has 1 heterocycles. The summed E-state index contributed by atoms with van der Waals surface area (Å²) in [7, 11) is 0. The summed E-state index contributed by atoms with van der Waals surface area (Å²) in [6.07, 6.45) is 0. The predicted octanol–water partition coefficient (Wildman–Crippen LogP) is -0.347. The van der Waals surface area contributed by atoms with Gasteiger partial charge in [-0.05, 0) is 6.92 Å². The van der Waals surface area contributed by atoms with E-state index in [-0.39, 0.29) is 5.57 Å². The zero-order valence-corrected chi connectivity index (χ0v) is 6.62. The topological polar surface area (TPSA) is 83.8 Å². The SMILES string of the molecule is CC1=C(C(=O)O)C(=O)OC1(C)O. The Labute approximate surface area is 68.3 Å². The number of carbonyl (C=O) groups excluding carboxylic acids is 1. The van der Waals surface area contributed by atoms with Gasteiger partial charge < -0.3 is 14.9 Å². The third-order valence-electron chi connectivity index (χ3n) is 1.78. The number of hydrogen-bond acceptors (Lipinski definition) is 4. The molecule has 0 aromatic heterocycles. The third kappa shape index (κ3) is 1.08. The summed E-state index contributed by atoms with van der Waals surface area (Å²) in [5.41, 5.74) is -0.458. The van der Waals surface area contributed by atoms with Gasteiger partial charge in [-0.1, -0.05) is 0 Å². The number of cyclic esters (lactones) is 1. The molecule has 1 unspecified atom stereocenters. The molecular formula is C7H8O5. The fourth-order valence-corrected chi connectivity index (χ4v) is 0.941. The second-order valence-electron chi connectivity index (χ2n) is 2.68. The molecule has 0 saturated heterocycles. The standard InChI is InChI=1S/C7H8O5/c1-3-4(5(8)9)6(10)12-7(3,2)11/h11H,1-2H3,(H,8,9). The maximum absolute atomic E-state index is 10.8. The van der Waals surface area contributed by atoms with Gasteiger partial charge in [-0.2, -0.15) is 0 Å². The molecule has 0 saturated carbocycles. The lowest BCUT2D eigenvalue weighted by Gasteiger charge is -2.15. The molecule has 0 aromatic rings. The molecular weight excluding hydrogens is 164 g/mol. The largest absolute Gasteiger partial charge is 0.477 e. The van der Waals surface area contributed by atoms with Crippen LogP contribution in [0.25, 0.3) is 0 Å². The van der Waals surface area contributed by atoms with Gasteiger partial charge in [-0.3, -0.25) is 0 Å². The Hall–Kier alpha value is -1.36. The Morgan fingerprint density at radius 3 is 2.25 bits per heavy atom. The van der Waals surface area contributed by atoms with Crippen LogP contribution in [0, 0.1) is 0 Å². The first-order valence-electron chi connectivity index (χ1n) is 3.26. The van der Waals surface area contributed by atoms with Crippen LogP contribution in [0.2, 0.25) is 0 Å². The quantitative estimate of drug-likeness (QED) is 0.417. The second kappa shape index (κ2) is 2.31. The normalized spacial score (nSPS) is 29.1. The highest BCUT2D eigenvalue weighted by Crippen LogP contribution is 2.29. The van der Waals surface area contributed by atoms with Gasteiger partial charge in [0.05, 0.1) is 0 Å². The summed E-state index contributed by atoms with van der Waals surface area (Å²) in [5, 5.41) is 17.8. The molecule has 0 radical (unpaired) electrons. The lowest BCUT2D eigenvalue weighted by molar-refractivity contribution is -0.175. The van der Waals surface area contributed by atoms with E-state index in [4.69, 9.17) is 5.11 Å². The van der Waals surface area contributed by atoms with Gasteiger partial charge in [-0.15, -0.1) is 0 Å². The molecule has 0 aliphatic carbocycles. The van der Waals surface area contributed by atoms with Gasteiger partial charge in [0.25, 0.3) is 0 Å². The summed E-state index contributed by atoms with van der Waals surface area (Å²) >= 11 is 0. The second-order valence-corrected chi connectivity index (χ2v) is 2.68. The highest BCUT2D eigenvalue weighted by Gasteiger charge is 2.42. The number of carboxylic acid groups (broad SMARTS) is 1. The van der Waals surface area contributed by atoms with Crippen molar-refractivity contribution in [2.24, 2.45) is 0 Å². The van der Waals surface area contributed by atoms with Crippen molar-refractivity contribution in [1.82, 2.24) is 0 Å². The van der Waals surface area contributed by atoms with Crippen LogP contribution >= 0.6 is 0 Å². The van der Waals surface area contributed by atoms with Crippen molar-refractivity contribution in [1.29, 1.82) is 0 Å². The van der Waals surface area contributed by atoms with E-state index in [1.165, 1.54) is 13.8 Å². The first-order chi connectivity index (χ1) is 5.36. The van der Waals surface area contributed by atoms with E-state index in [2.05, 4.69) is 4.74 Å². The predicted molar refractivity (Wildman–Crippen MR) is 37.1 cm³/mol. The van der Waals surface area contributed by atoms with Crippen LogP contribution in [-0.2, 0) is 14.3 Å². The molecule has 0 bridgehead atoms. The highest BCUT2D eigenvalue weighted by molar-refractivity contribution is 6.15. The highest BCUT2D eigenvalue weighted by atomic mass is 16.7. The number of esters is 1. The van der Waals surface area contributed by atoms with Crippen LogP contribution in [0.3, 0.4) is 0 Å². The lowest BCUT2D eigenvalue weighted by atomic mass is 10.1. The summed E-state index contributed by atoms with van der Waals surface area (Å²) < 4.78 is 4.40. The fraction of sp³-hybridized carbons (Fsp3) is 0.429. The van der Waals surface area contributed by atoms with Crippen molar-refractivity contribution in [3.05, 3.63) is 11.1 Å². The fourth-order valence-electron chi connectivity index (χ4n) is 0.941. The molecule has 5 nitrogen and oxygen atoms in total. The van der Waals surface area contributed by atoms with Crippen molar-refractivity contribution in [2.45, 2.75) is 19.6 Å². The number of ether oxygens (including phenoxy) is 1. The van der Waals surface area contributed by atoms with Crippen molar-refractivity contribution in [3.8, 4) is 0 Å². The van der Waals surface area contributed by atoms with Crippen molar-refractivity contribution in [3.63, 3.8) is 0 Å². The molecule has 1 aliphatic heterocycles. The van der Waals surface area contributed by atoms with Crippen LogP contribution in [-0.4, -0.2) is 27.9 Å². The van der Waals surface area contributed by atoms with Gasteiger partial charge in [-0.25, -0.2) is 9.59 Å². The molecule has 1 aliphatic rings. The van der Waals surface area contributed by atoms with Gasteiger partial charge in [0.15, 0.2) is 0 Å². The molecule has 2 N–H and O–H groups in total. The van der Waals surface area contributed by atoms with E-state index in [0.717, 1.165) is 0 Å². The maximum Gasteiger partial charge on any atom is 0.348 e. The summed E-state index contributed by atoms with van der Waals surface area (Å²) in [6, 6.07) is 0. The van der Waals surface area contributed by atoms with Gasteiger partial charge in [0.1, 0.15) is 5.57 Å². The number of hydrogen-bond donors (Lipinski definition) is 2. The summed E-state index contributed by atoms with van der Waals surface area (Å²) in [6.45, 7) is 2.56. The van der Waals surface area contributed by atoms with Crippen LogP contribution < -0.4 is 0 Å². The molecule has 12 heavy (non-hydrogen) atoms. The van der Waals surface area contributed by atoms with Crippen LogP contribution in [0.4, 0.5) is 0 Å². The Morgan fingerprint density at radius 1 is 1.58 bits per heavy atom. The number of carbonyl (C=O) groups is 2. The Kier molecular flexibility index (Phi) is 1.68. The lowest BCUT2D eigenvalue weighted by Crippen LogP contribution is -2.25. The molecule has 1 atom stereocenters. The summed E-state index contributed by atoms with van der Waals surface area (Å²) in [5.74, 6) is -4.15. The first kappa shape index (κ1) is 8.73. The monoisotopic (exact) mass is 172 g/mol.